The zero-order valence-corrected chi connectivity index (χ0v) is 18.8. The van der Waals surface area contributed by atoms with E-state index in [2.05, 4.69) is 4.74 Å². The number of benzene rings is 2. The molecule has 0 fully saturated rings. The highest BCUT2D eigenvalue weighted by Crippen LogP contribution is 2.42. The summed E-state index contributed by atoms with van der Waals surface area (Å²) in [6.07, 6.45) is -5.18. The lowest BCUT2D eigenvalue weighted by Crippen LogP contribution is -2.41. The van der Waals surface area contributed by atoms with E-state index in [1.165, 1.54) is 15.9 Å². The Kier molecular flexibility index (Phi) is 6.90. The van der Waals surface area contributed by atoms with E-state index in [0.29, 0.717) is 18.2 Å². The molecule has 0 aromatic heterocycles. The normalized spacial score (nSPS) is 13.8. The topological polar surface area (TPSA) is 94.6 Å². The standard InChI is InChI=1S/C14H7BrClF5O6PS2/c15-13(17,18)14(19,20)27-11-5-4-9(7-12(11)29(16,23)24)28(22)8-2-1-3-10(6-8)30(21,25)26/h1-7H/q+1. The molecule has 0 aliphatic heterocycles. The molecule has 0 amide bonds. The molecule has 6 nitrogen and oxygen atoms in total. The molecular formula is C14H7BrClF5O6PS2+. The third-order valence-corrected chi connectivity index (χ3v) is 7.44. The monoisotopic (exact) mass is 575 g/mol. The molecule has 0 N–H and O–H groups in total. The SMILES string of the molecule is O=[P+](c1cccc(S(=O)(=O)F)c1)c1ccc(OC(F)(F)C(F)(F)Br)c(S(=O)(=O)Cl)c1. The smallest absolute Gasteiger partial charge is 0.426 e. The first-order valence-corrected chi connectivity index (χ1v) is 12.9. The second-order valence-electron chi connectivity index (χ2n) is 5.42. The lowest BCUT2D eigenvalue weighted by Gasteiger charge is -2.22. The fourth-order valence-corrected chi connectivity index (χ4v) is 4.98. The molecule has 0 radical (unpaired) electrons. The van der Waals surface area contributed by atoms with Gasteiger partial charge < -0.3 is 4.74 Å². The minimum absolute atomic E-state index is 0.257. The molecule has 2 rings (SSSR count). The summed E-state index contributed by atoms with van der Waals surface area (Å²) >= 11 is 1.41. The Morgan fingerprint density at radius 1 is 0.967 bits per heavy atom. The number of hydrogen-bond acceptors (Lipinski definition) is 6. The van der Waals surface area contributed by atoms with Crippen molar-refractivity contribution in [1.29, 1.82) is 0 Å². The Labute approximate surface area is 180 Å². The van der Waals surface area contributed by atoms with E-state index in [1.807, 2.05) is 0 Å². The zero-order chi connectivity index (χ0) is 23.1. The Bertz CT molecular complexity index is 1220. The molecule has 16 heteroatoms. The first-order chi connectivity index (χ1) is 13.4. The third kappa shape index (κ3) is 5.67. The van der Waals surface area contributed by atoms with Crippen LogP contribution in [-0.4, -0.2) is 27.8 Å². The minimum atomic E-state index is -5.18. The van der Waals surface area contributed by atoms with Crippen molar-refractivity contribution in [2.24, 2.45) is 0 Å². The molecule has 2 aromatic rings. The van der Waals surface area contributed by atoms with Crippen molar-refractivity contribution >= 4 is 64.3 Å². The van der Waals surface area contributed by atoms with Crippen molar-refractivity contribution in [1.82, 2.24) is 0 Å². The molecule has 0 aliphatic carbocycles. The molecule has 0 aliphatic rings. The molecule has 0 saturated carbocycles. The van der Waals surface area contributed by atoms with Crippen LogP contribution in [0, 0.1) is 0 Å². The molecule has 0 bridgehead atoms. The maximum atomic E-state index is 13.5. The number of alkyl halides is 5. The van der Waals surface area contributed by atoms with Gasteiger partial charge in [0.25, 0.3) is 9.05 Å². The Hall–Kier alpha value is -1.34. The summed E-state index contributed by atoms with van der Waals surface area (Å²) in [6, 6.07) is 5.62. The first kappa shape index (κ1) is 24.9. The zero-order valence-electron chi connectivity index (χ0n) is 13.9. The fraction of sp³-hybridized carbons (Fsp3) is 0.143. The van der Waals surface area contributed by atoms with Crippen molar-refractivity contribution in [2.45, 2.75) is 20.7 Å². The summed E-state index contributed by atoms with van der Waals surface area (Å²) in [7, 11) is -7.62. The molecule has 0 heterocycles. The third-order valence-electron chi connectivity index (χ3n) is 3.33. The molecule has 2 aromatic carbocycles. The van der Waals surface area contributed by atoms with Gasteiger partial charge in [-0.25, -0.2) is 8.42 Å². The minimum Gasteiger partial charge on any atom is -0.426 e. The maximum absolute atomic E-state index is 13.5. The second-order valence-corrected chi connectivity index (χ2v) is 11.9. The molecule has 30 heavy (non-hydrogen) atoms. The number of rotatable bonds is 7. The van der Waals surface area contributed by atoms with Gasteiger partial charge in [-0.15, -0.1) is 3.89 Å². The molecular weight excluding hydrogens is 570 g/mol. The van der Waals surface area contributed by atoms with E-state index >= 15 is 0 Å². The summed E-state index contributed by atoms with van der Waals surface area (Å²) < 4.78 is 128. The van der Waals surface area contributed by atoms with Crippen molar-refractivity contribution in [2.75, 3.05) is 0 Å². The van der Waals surface area contributed by atoms with Crippen LogP contribution in [0.25, 0.3) is 0 Å². The Morgan fingerprint density at radius 2 is 1.53 bits per heavy atom. The van der Waals surface area contributed by atoms with Crippen LogP contribution in [0.15, 0.2) is 52.3 Å². The van der Waals surface area contributed by atoms with Crippen LogP contribution in [0.1, 0.15) is 0 Å². The number of halogens is 7. The Balaban J connectivity index is 2.56. The molecule has 0 spiro atoms. The van der Waals surface area contributed by atoms with Crippen molar-refractivity contribution in [3.8, 4) is 5.75 Å². The van der Waals surface area contributed by atoms with Crippen molar-refractivity contribution < 1.29 is 47.6 Å². The van der Waals surface area contributed by atoms with Gasteiger partial charge in [-0.2, -0.15) is 26.0 Å². The molecule has 0 saturated heterocycles. The lowest BCUT2D eigenvalue weighted by molar-refractivity contribution is -0.267. The molecule has 1 atom stereocenters. The van der Waals surface area contributed by atoms with Gasteiger partial charge in [0, 0.05) is 38.7 Å². The van der Waals surface area contributed by atoms with Gasteiger partial charge in [-0.1, -0.05) is 10.6 Å². The first-order valence-electron chi connectivity index (χ1n) is 7.18. The summed E-state index contributed by atoms with van der Waals surface area (Å²) in [6.45, 7) is 0. The van der Waals surface area contributed by atoms with Crippen LogP contribution in [0.2, 0.25) is 0 Å². The summed E-state index contributed by atoms with van der Waals surface area (Å²) in [5, 5.41) is -0.633. The predicted octanol–water partition coefficient (Wildman–Crippen LogP) is 4.01. The van der Waals surface area contributed by atoms with Crippen LogP contribution >= 0.6 is 34.4 Å². The van der Waals surface area contributed by atoms with Crippen LogP contribution in [-0.2, 0) is 23.8 Å². The molecule has 164 valence electrons. The van der Waals surface area contributed by atoms with E-state index in [-0.39, 0.29) is 10.6 Å². The highest BCUT2D eigenvalue weighted by Gasteiger charge is 2.58. The lowest BCUT2D eigenvalue weighted by atomic mass is 10.3. The summed E-state index contributed by atoms with van der Waals surface area (Å²) in [5.41, 5.74) is 0. The van der Waals surface area contributed by atoms with Gasteiger partial charge in [0.05, 0.1) is 0 Å². The van der Waals surface area contributed by atoms with E-state index in [0.717, 1.165) is 24.3 Å². The highest BCUT2D eigenvalue weighted by molar-refractivity contribution is 9.10. The second kappa shape index (κ2) is 8.30. The fourth-order valence-electron chi connectivity index (χ4n) is 2.00. The van der Waals surface area contributed by atoms with Gasteiger partial charge >= 0.3 is 29.0 Å². The van der Waals surface area contributed by atoms with Gasteiger partial charge in [0.2, 0.25) is 0 Å². The van der Waals surface area contributed by atoms with Gasteiger partial charge in [0.1, 0.15) is 15.5 Å². The van der Waals surface area contributed by atoms with Gasteiger partial charge in [-0.3, -0.25) is 0 Å². The van der Waals surface area contributed by atoms with Crippen LogP contribution in [0.5, 0.6) is 5.75 Å². The average molecular weight is 577 g/mol. The van der Waals surface area contributed by atoms with Gasteiger partial charge in [-0.05, 0) is 24.3 Å². The Morgan fingerprint density at radius 3 is 2.03 bits per heavy atom. The van der Waals surface area contributed by atoms with Crippen molar-refractivity contribution in [3.63, 3.8) is 0 Å². The average Bonchev–Trinajstić information content (AvgIpc) is 2.58. The largest absolute Gasteiger partial charge is 0.475 e. The number of hydrogen-bond donors (Lipinski definition) is 0. The van der Waals surface area contributed by atoms with Crippen LogP contribution in [0.3, 0.4) is 0 Å². The van der Waals surface area contributed by atoms with Crippen LogP contribution in [0.4, 0.5) is 21.4 Å². The highest BCUT2D eigenvalue weighted by atomic mass is 79.9. The van der Waals surface area contributed by atoms with Gasteiger partial charge in [0.15, 0.2) is 10.6 Å². The number of ether oxygens (including phenoxy) is 1. The van der Waals surface area contributed by atoms with Crippen molar-refractivity contribution in [3.05, 3.63) is 42.5 Å². The summed E-state index contributed by atoms with van der Waals surface area (Å²) in [5.74, 6) is -1.26. The van der Waals surface area contributed by atoms with E-state index in [9.17, 15) is 42.8 Å². The van der Waals surface area contributed by atoms with E-state index in [1.54, 1.807) is 0 Å². The predicted molar refractivity (Wildman–Crippen MR) is 101 cm³/mol. The van der Waals surface area contributed by atoms with E-state index in [4.69, 9.17) is 10.7 Å². The quantitative estimate of drug-likeness (QED) is 0.214. The summed E-state index contributed by atoms with van der Waals surface area (Å²) in [4.78, 5) is -6.89. The maximum Gasteiger partial charge on any atom is 0.475 e. The van der Waals surface area contributed by atoms with Crippen LogP contribution < -0.4 is 15.3 Å². The van der Waals surface area contributed by atoms with E-state index < -0.39 is 53.6 Å². The molecule has 1 unspecified atom stereocenters.